The van der Waals surface area contributed by atoms with Gasteiger partial charge in [-0.1, -0.05) is 17.7 Å². The van der Waals surface area contributed by atoms with E-state index in [1.807, 2.05) is 0 Å². The van der Waals surface area contributed by atoms with Gasteiger partial charge in [0.2, 0.25) is 0 Å². The monoisotopic (exact) mass is 386 g/mol. The molecule has 0 amide bonds. The van der Waals surface area contributed by atoms with Crippen molar-refractivity contribution in [3.8, 4) is 0 Å². The summed E-state index contributed by atoms with van der Waals surface area (Å²) in [5, 5.41) is 13.1. The maximum Gasteiger partial charge on any atom is 0.416 e. The second kappa shape index (κ2) is 6.28. The second-order valence-corrected chi connectivity index (χ2v) is 6.07. The molecular weight excluding hydrogens is 376 g/mol. The molecule has 0 aliphatic rings. The molecule has 0 saturated heterocycles. The molecule has 0 aliphatic carbocycles. The Labute approximate surface area is 149 Å². The zero-order valence-electron chi connectivity index (χ0n) is 13.2. The molecule has 26 heavy (non-hydrogen) atoms. The smallest absolute Gasteiger partial charge is 0.416 e. The summed E-state index contributed by atoms with van der Waals surface area (Å²) in [5.74, 6) is -2.16. The highest BCUT2D eigenvalue weighted by atomic mass is 35.5. The number of aromatic nitrogens is 2. The highest BCUT2D eigenvalue weighted by Crippen LogP contribution is 2.36. The molecular formula is C17H11ClF4N2O2. The molecule has 0 spiro atoms. The second-order valence-electron chi connectivity index (χ2n) is 5.66. The summed E-state index contributed by atoms with van der Waals surface area (Å²) in [7, 11) is 0. The van der Waals surface area contributed by atoms with Gasteiger partial charge in [0.15, 0.2) is 0 Å². The minimum atomic E-state index is -4.63. The summed E-state index contributed by atoms with van der Waals surface area (Å²) in [6, 6.07) is 5.41. The third-order valence-electron chi connectivity index (χ3n) is 3.96. The van der Waals surface area contributed by atoms with E-state index in [0.29, 0.717) is 0 Å². The van der Waals surface area contributed by atoms with Gasteiger partial charge in [-0.25, -0.2) is 9.18 Å². The van der Waals surface area contributed by atoms with E-state index in [0.717, 1.165) is 16.8 Å². The Kier molecular flexibility index (Phi) is 4.39. The molecule has 0 bridgehead atoms. The van der Waals surface area contributed by atoms with E-state index in [4.69, 9.17) is 16.7 Å². The van der Waals surface area contributed by atoms with Crippen molar-refractivity contribution in [1.82, 2.24) is 9.78 Å². The van der Waals surface area contributed by atoms with Crippen molar-refractivity contribution in [2.45, 2.75) is 19.6 Å². The third-order valence-corrected chi connectivity index (χ3v) is 4.31. The topological polar surface area (TPSA) is 55.1 Å². The minimum Gasteiger partial charge on any atom is -0.478 e. The number of hydrogen-bond donors (Lipinski definition) is 1. The van der Waals surface area contributed by atoms with Gasteiger partial charge in [0, 0.05) is 10.6 Å². The van der Waals surface area contributed by atoms with Crippen LogP contribution in [0.1, 0.15) is 27.2 Å². The van der Waals surface area contributed by atoms with E-state index >= 15 is 0 Å². The summed E-state index contributed by atoms with van der Waals surface area (Å²) < 4.78 is 55.1. The van der Waals surface area contributed by atoms with Gasteiger partial charge in [0.05, 0.1) is 34.3 Å². The lowest BCUT2D eigenvalue weighted by atomic mass is 10.1. The number of nitrogens with zero attached hydrogens (tertiary/aromatic N) is 2. The molecule has 3 aromatic rings. The molecule has 0 atom stereocenters. The summed E-state index contributed by atoms with van der Waals surface area (Å²) in [4.78, 5) is 11.1. The fraction of sp³-hybridized carbons (Fsp3) is 0.176. The number of aromatic carboxylic acids is 1. The van der Waals surface area contributed by atoms with Crippen LogP contribution in [0.3, 0.4) is 0 Å². The van der Waals surface area contributed by atoms with Crippen LogP contribution in [-0.2, 0) is 12.7 Å². The van der Waals surface area contributed by atoms with Gasteiger partial charge >= 0.3 is 12.1 Å². The molecule has 2 aromatic carbocycles. The van der Waals surface area contributed by atoms with Crippen molar-refractivity contribution in [2.75, 3.05) is 0 Å². The van der Waals surface area contributed by atoms with E-state index in [-0.39, 0.29) is 39.3 Å². The van der Waals surface area contributed by atoms with Crippen LogP contribution in [0.25, 0.3) is 10.9 Å². The number of carboxylic acids is 1. The predicted octanol–water partition coefficient (Wildman–Crippen LogP) is 4.90. The molecule has 1 N–H and O–H groups in total. The van der Waals surface area contributed by atoms with Crippen molar-refractivity contribution >= 4 is 28.5 Å². The van der Waals surface area contributed by atoms with Crippen LogP contribution in [0.15, 0.2) is 30.3 Å². The lowest BCUT2D eigenvalue weighted by Gasteiger charge is -2.15. The average molecular weight is 387 g/mol. The fourth-order valence-electron chi connectivity index (χ4n) is 2.82. The molecule has 0 aliphatic heterocycles. The molecule has 0 radical (unpaired) electrons. The van der Waals surface area contributed by atoms with E-state index in [1.165, 1.54) is 25.1 Å². The number of carboxylic acid groups (broad SMARTS) is 1. The number of hydrogen-bond acceptors (Lipinski definition) is 2. The highest BCUT2D eigenvalue weighted by Gasteiger charge is 2.34. The van der Waals surface area contributed by atoms with E-state index in [9.17, 15) is 22.4 Å². The zero-order valence-corrected chi connectivity index (χ0v) is 14.0. The van der Waals surface area contributed by atoms with Gasteiger partial charge in [-0.15, -0.1) is 0 Å². The number of halogens is 5. The first-order valence-corrected chi connectivity index (χ1v) is 7.72. The van der Waals surface area contributed by atoms with E-state index in [2.05, 4.69) is 5.10 Å². The Morgan fingerprint density at radius 1 is 1.31 bits per heavy atom. The Hall–Kier alpha value is -2.61. The molecule has 136 valence electrons. The Balaban J connectivity index is 2.21. The number of aryl methyl sites for hydroxylation is 1. The maximum atomic E-state index is 14.2. The Bertz CT molecular complexity index is 1030. The van der Waals surface area contributed by atoms with Crippen LogP contribution in [0, 0.1) is 12.7 Å². The number of alkyl halides is 3. The zero-order chi connectivity index (χ0) is 19.2. The fourth-order valence-corrected chi connectivity index (χ4v) is 3.05. The van der Waals surface area contributed by atoms with Crippen LogP contribution < -0.4 is 0 Å². The number of fused-ring (bicyclic) bond motifs is 1. The Morgan fingerprint density at radius 2 is 2.00 bits per heavy atom. The molecule has 0 unspecified atom stereocenters. The summed E-state index contributed by atoms with van der Waals surface area (Å²) >= 11 is 5.95. The molecule has 9 heteroatoms. The first-order valence-electron chi connectivity index (χ1n) is 7.34. The molecule has 3 rings (SSSR count). The van der Waals surface area contributed by atoms with Crippen LogP contribution in [0.2, 0.25) is 5.02 Å². The lowest BCUT2D eigenvalue weighted by molar-refractivity contribution is -0.138. The quantitative estimate of drug-likeness (QED) is 0.651. The minimum absolute atomic E-state index is 0.0515. The molecule has 1 aromatic heterocycles. The largest absolute Gasteiger partial charge is 0.478 e. The maximum absolute atomic E-state index is 14.2. The lowest BCUT2D eigenvalue weighted by Crippen LogP contribution is -2.13. The highest BCUT2D eigenvalue weighted by molar-refractivity contribution is 6.31. The van der Waals surface area contributed by atoms with Crippen molar-refractivity contribution in [3.63, 3.8) is 0 Å². The van der Waals surface area contributed by atoms with Gasteiger partial charge in [0.1, 0.15) is 5.82 Å². The van der Waals surface area contributed by atoms with Crippen LogP contribution in [-0.4, -0.2) is 20.9 Å². The van der Waals surface area contributed by atoms with Gasteiger partial charge in [-0.05, 0) is 31.2 Å². The van der Waals surface area contributed by atoms with Crippen LogP contribution in [0.5, 0.6) is 0 Å². The van der Waals surface area contributed by atoms with Gasteiger partial charge in [0.25, 0.3) is 0 Å². The van der Waals surface area contributed by atoms with Gasteiger partial charge < -0.3 is 5.11 Å². The molecule has 0 fully saturated rings. The first-order chi connectivity index (χ1) is 12.1. The first kappa shape index (κ1) is 18.2. The molecule has 0 saturated carbocycles. The summed E-state index contributed by atoms with van der Waals surface area (Å²) in [6.07, 6.45) is -4.63. The van der Waals surface area contributed by atoms with E-state index in [1.54, 1.807) is 0 Å². The van der Waals surface area contributed by atoms with Crippen molar-refractivity contribution in [3.05, 3.63) is 63.6 Å². The third kappa shape index (κ3) is 3.12. The summed E-state index contributed by atoms with van der Waals surface area (Å²) in [6.45, 7) is 1.10. The molecule has 4 nitrogen and oxygen atoms in total. The number of rotatable bonds is 3. The van der Waals surface area contributed by atoms with Gasteiger partial charge in [-0.3, -0.25) is 4.68 Å². The Morgan fingerprint density at radius 3 is 2.62 bits per heavy atom. The number of benzene rings is 2. The van der Waals surface area contributed by atoms with Gasteiger partial charge in [-0.2, -0.15) is 18.3 Å². The van der Waals surface area contributed by atoms with E-state index < -0.39 is 23.5 Å². The number of carbonyl (C=O) groups is 1. The van der Waals surface area contributed by atoms with Crippen molar-refractivity contribution in [1.29, 1.82) is 0 Å². The normalized spacial score (nSPS) is 11.9. The van der Waals surface area contributed by atoms with Crippen LogP contribution >= 0.6 is 11.6 Å². The standard InChI is InChI=1S/C17H11ClF4N2O2/c1-8-15-13(19)5-9(16(25)26)6-14(15)24(23-8)7-10-11(17(20,21)22)3-2-4-12(10)18/h2-6H,7H2,1H3,(H,25,26). The SMILES string of the molecule is Cc1nn(Cc2c(Cl)cccc2C(F)(F)F)c2cc(C(=O)O)cc(F)c12. The predicted molar refractivity (Wildman–Crippen MR) is 86.9 cm³/mol. The van der Waals surface area contributed by atoms with Crippen LogP contribution in [0.4, 0.5) is 17.6 Å². The van der Waals surface area contributed by atoms with Crippen molar-refractivity contribution in [2.24, 2.45) is 0 Å². The van der Waals surface area contributed by atoms with Crippen molar-refractivity contribution < 1.29 is 27.5 Å². The molecule has 1 heterocycles. The summed E-state index contributed by atoms with van der Waals surface area (Å²) in [5.41, 5.74) is -1.18. The average Bonchev–Trinajstić information content (AvgIpc) is 2.84.